The highest BCUT2D eigenvalue weighted by Gasteiger charge is 2.24. The number of aromatic nitrogens is 3. The van der Waals surface area contributed by atoms with Crippen molar-refractivity contribution in [3.05, 3.63) is 48.4 Å². The van der Waals surface area contributed by atoms with Gasteiger partial charge in [-0.25, -0.2) is 9.97 Å². The fraction of sp³-hybridized carbons (Fsp3) is 0.350. The van der Waals surface area contributed by atoms with E-state index in [2.05, 4.69) is 26.3 Å². The molecule has 7 heteroatoms. The summed E-state index contributed by atoms with van der Waals surface area (Å²) in [7, 11) is 1.58. The fourth-order valence-corrected chi connectivity index (χ4v) is 3.59. The number of hydrogen-bond donors (Lipinski definition) is 2. The molecule has 0 bridgehead atoms. The quantitative estimate of drug-likeness (QED) is 0.726. The van der Waals surface area contributed by atoms with Crippen molar-refractivity contribution in [3.63, 3.8) is 0 Å². The molecule has 0 atom stereocenters. The summed E-state index contributed by atoms with van der Waals surface area (Å²) in [5, 5.41) is 4.51. The molecule has 7 nitrogen and oxygen atoms in total. The molecule has 27 heavy (non-hydrogen) atoms. The predicted molar refractivity (Wildman–Crippen MR) is 104 cm³/mol. The Balaban J connectivity index is 1.34. The van der Waals surface area contributed by atoms with E-state index in [0.29, 0.717) is 18.1 Å². The average molecular weight is 365 g/mol. The molecule has 0 radical (unpaired) electrons. The van der Waals surface area contributed by atoms with Crippen molar-refractivity contribution in [2.75, 3.05) is 25.5 Å². The molecular formula is C20H23N5O2. The summed E-state index contributed by atoms with van der Waals surface area (Å²) in [5.74, 6) is 1.33. The Hall–Kier alpha value is -3.09. The first kappa shape index (κ1) is 17.3. The second-order valence-corrected chi connectivity index (χ2v) is 6.75. The van der Waals surface area contributed by atoms with Crippen LogP contribution in [0.4, 0.5) is 5.82 Å². The van der Waals surface area contributed by atoms with Gasteiger partial charge in [0, 0.05) is 48.6 Å². The van der Waals surface area contributed by atoms with Crippen molar-refractivity contribution in [1.82, 2.24) is 19.9 Å². The zero-order valence-electron chi connectivity index (χ0n) is 15.3. The number of hydrogen-bond acceptors (Lipinski definition) is 5. The van der Waals surface area contributed by atoms with Gasteiger partial charge in [0.25, 0.3) is 5.88 Å². The lowest BCUT2D eigenvalue weighted by atomic mass is 10.0. The van der Waals surface area contributed by atoms with E-state index in [0.717, 1.165) is 42.4 Å². The SMILES string of the molecule is COc1nccnc1NC1CCN(C(=O)Cc2c[nH]c3ccccc23)CC1. The van der Waals surface area contributed by atoms with Gasteiger partial charge in [-0.2, -0.15) is 0 Å². The minimum atomic E-state index is 0.176. The highest BCUT2D eigenvalue weighted by Crippen LogP contribution is 2.23. The average Bonchev–Trinajstić information content (AvgIpc) is 3.12. The van der Waals surface area contributed by atoms with Crippen LogP contribution in [0.15, 0.2) is 42.9 Å². The molecule has 1 saturated heterocycles. The van der Waals surface area contributed by atoms with Crippen LogP contribution in [0.3, 0.4) is 0 Å². The second-order valence-electron chi connectivity index (χ2n) is 6.75. The van der Waals surface area contributed by atoms with Crippen LogP contribution in [0, 0.1) is 0 Å². The Bertz CT molecular complexity index is 931. The Morgan fingerprint density at radius 2 is 2.04 bits per heavy atom. The number of para-hydroxylation sites is 1. The van der Waals surface area contributed by atoms with Gasteiger partial charge in [0.15, 0.2) is 5.82 Å². The number of nitrogens with one attached hydrogen (secondary N) is 2. The number of piperidine rings is 1. The standard InChI is InChI=1S/C20H23N5O2/c1-27-20-19(21-8-9-22-20)24-15-6-10-25(11-7-15)18(26)12-14-13-23-17-5-3-2-4-16(14)17/h2-5,8-9,13,15,23H,6-7,10-12H2,1H3,(H,21,24). The van der Waals surface area contributed by atoms with Gasteiger partial charge < -0.3 is 19.9 Å². The maximum absolute atomic E-state index is 12.7. The molecule has 0 unspecified atom stereocenters. The molecular weight excluding hydrogens is 342 g/mol. The van der Waals surface area contributed by atoms with E-state index in [-0.39, 0.29) is 11.9 Å². The monoisotopic (exact) mass is 365 g/mol. The van der Waals surface area contributed by atoms with Crippen LogP contribution >= 0.6 is 0 Å². The molecule has 2 aromatic heterocycles. The Morgan fingerprint density at radius 1 is 1.26 bits per heavy atom. The van der Waals surface area contributed by atoms with Crippen LogP contribution in [0.2, 0.25) is 0 Å². The Labute approximate surface area is 157 Å². The summed E-state index contributed by atoms with van der Waals surface area (Å²) in [4.78, 5) is 26.4. The summed E-state index contributed by atoms with van der Waals surface area (Å²) in [6.45, 7) is 1.48. The number of nitrogens with zero attached hydrogens (tertiary/aromatic N) is 3. The number of fused-ring (bicyclic) bond motifs is 1. The van der Waals surface area contributed by atoms with Gasteiger partial charge in [-0.3, -0.25) is 4.79 Å². The van der Waals surface area contributed by atoms with Gasteiger partial charge in [-0.05, 0) is 24.5 Å². The molecule has 3 heterocycles. The normalized spacial score (nSPS) is 15.1. The maximum atomic E-state index is 12.7. The van der Waals surface area contributed by atoms with Gasteiger partial charge in [0.2, 0.25) is 5.91 Å². The molecule has 1 aliphatic heterocycles. The molecule has 0 saturated carbocycles. The van der Waals surface area contributed by atoms with E-state index < -0.39 is 0 Å². The summed E-state index contributed by atoms with van der Waals surface area (Å²) in [5.41, 5.74) is 2.13. The van der Waals surface area contributed by atoms with Gasteiger partial charge in [-0.1, -0.05) is 18.2 Å². The molecule has 4 rings (SSSR count). The van der Waals surface area contributed by atoms with Gasteiger partial charge in [-0.15, -0.1) is 0 Å². The summed E-state index contributed by atoms with van der Waals surface area (Å²) in [6, 6.07) is 8.34. The lowest BCUT2D eigenvalue weighted by Crippen LogP contribution is -2.43. The molecule has 1 amide bonds. The van der Waals surface area contributed by atoms with Gasteiger partial charge in [0.05, 0.1) is 13.5 Å². The van der Waals surface area contributed by atoms with Gasteiger partial charge >= 0.3 is 0 Å². The topological polar surface area (TPSA) is 83.1 Å². The van der Waals surface area contributed by atoms with Gasteiger partial charge in [0.1, 0.15) is 0 Å². The van der Waals surface area contributed by atoms with E-state index in [1.54, 1.807) is 19.5 Å². The molecule has 0 aliphatic carbocycles. The predicted octanol–water partition coefficient (Wildman–Crippen LogP) is 2.61. The van der Waals surface area contributed by atoms with E-state index in [9.17, 15) is 4.79 Å². The number of amides is 1. The minimum Gasteiger partial charge on any atom is -0.478 e. The lowest BCUT2D eigenvalue weighted by molar-refractivity contribution is -0.131. The molecule has 1 aliphatic rings. The highest BCUT2D eigenvalue weighted by atomic mass is 16.5. The van der Waals surface area contributed by atoms with Crippen molar-refractivity contribution in [2.45, 2.75) is 25.3 Å². The summed E-state index contributed by atoms with van der Waals surface area (Å²) < 4.78 is 5.24. The molecule has 0 spiro atoms. The van der Waals surface area contributed by atoms with E-state index in [1.807, 2.05) is 29.3 Å². The number of carbonyl (C=O) groups excluding carboxylic acids is 1. The smallest absolute Gasteiger partial charge is 0.257 e. The number of H-pyrrole nitrogens is 1. The van der Waals surface area contributed by atoms with E-state index in [4.69, 9.17) is 4.74 Å². The van der Waals surface area contributed by atoms with Crippen molar-refractivity contribution >= 4 is 22.6 Å². The summed E-state index contributed by atoms with van der Waals surface area (Å²) >= 11 is 0. The number of carbonyl (C=O) groups is 1. The molecule has 3 aromatic rings. The third-order valence-corrected chi connectivity index (χ3v) is 5.06. The fourth-order valence-electron chi connectivity index (χ4n) is 3.59. The van der Waals surface area contributed by atoms with Crippen molar-refractivity contribution in [3.8, 4) is 5.88 Å². The van der Waals surface area contributed by atoms with Crippen LogP contribution in [0.25, 0.3) is 10.9 Å². The first-order chi connectivity index (χ1) is 13.2. The van der Waals surface area contributed by atoms with Crippen molar-refractivity contribution in [1.29, 1.82) is 0 Å². The number of anilines is 1. The largest absolute Gasteiger partial charge is 0.478 e. The zero-order valence-corrected chi connectivity index (χ0v) is 15.3. The summed E-state index contributed by atoms with van der Waals surface area (Å²) in [6.07, 6.45) is 7.37. The number of ether oxygens (including phenoxy) is 1. The van der Waals surface area contributed by atoms with E-state index >= 15 is 0 Å². The molecule has 1 aromatic carbocycles. The first-order valence-electron chi connectivity index (χ1n) is 9.19. The van der Waals surface area contributed by atoms with Crippen LogP contribution in [0.5, 0.6) is 5.88 Å². The maximum Gasteiger partial charge on any atom is 0.257 e. The number of benzene rings is 1. The van der Waals surface area contributed by atoms with Crippen LogP contribution in [-0.4, -0.2) is 52.0 Å². The van der Waals surface area contributed by atoms with Crippen molar-refractivity contribution in [2.24, 2.45) is 0 Å². The van der Waals surface area contributed by atoms with Crippen molar-refractivity contribution < 1.29 is 9.53 Å². The zero-order chi connectivity index (χ0) is 18.6. The lowest BCUT2D eigenvalue weighted by Gasteiger charge is -2.32. The second kappa shape index (κ2) is 7.65. The van der Waals surface area contributed by atoms with E-state index in [1.165, 1.54) is 0 Å². The Kier molecular flexibility index (Phi) is 4.91. The number of rotatable bonds is 5. The van der Waals surface area contributed by atoms with Crippen LogP contribution in [-0.2, 0) is 11.2 Å². The number of likely N-dealkylation sites (tertiary alicyclic amines) is 1. The minimum absolute atomic E-state index is 0.176. The molecule has 2 N–H and O–H groups in total. The number of methoxy groups -OCH3 is 1. The third kappa shape index (κ3) is 3.72. The Morgan fingerprint density at radius 3 is 2.85 bits per heavy atom. The highest BCUT2D eigenvalue weighted by molar-refractivity contribution is 5.88. The van der Waals surface area contributed by atoms with Crippen LogP contribution < -0.4 is 10.1 Å². The molecule has 1 fully saturated rings. The molecule has 140 valence electrons. The third-order valence-electron chi connectivity index (χ3n) is 5.06. The van der Waals surface area contributed by atoms with Crippen LogP contribution in [0.1, 0.15) is 18.4 Å². The first-order valence-corrected chi connectivity index (χ1v) is 9.19. The number of aromatic amines is 1.